The van der Waals surface area contributed by atoms with Crippen LogP contribution in [-0.4, -0.2) is 25.2 Å². The topological polar surface area (TPSA) is 83.5 Å². The second kappa shape index (κ2) is 4.84. The number of benzene rings is 1. The van der Waals surface area contributed by atoms with E-state index >= 15 is 0 Å². The summed E-state index contributed by atoms with van der Waals surface area (Å²) in [7, 11) is -3.84. The lowest BCUT2D eigenvalue weighted by Gasteiger charge is -2.09. The first-order chi connectivity index (χ1) is 7.32. The van der Waals surface area contributed by atoms with Gasteiger partial charge >= 0.3 is 5.97 Å². The van der Waals surface area contributed by atoms with Gasteiger partial charge in [0.2, 0.25) is 10.0 Å². The van der Waals surface area contributed by atoms with Gasteiger partial charge in [-0.2, -0.15) is 0 Å². The van der Waals surface area contributed by atoms with Gasteiger partial charge in [0.25, 0.3) is 0 Å². The summed E-state index contributed by atoms with van der Waals surface area (Å²) in [4.78, 5) is 10.3. The zero-order valence-corrected chi connectivity index (χ0v) is 10.8. The number of hydrogen-bond donors (Lipinski definition) is 2. The van der Waals surface area contributed by atoms with Crippen molar-refractivity contribution in [3.05, 3.63) is 28.2 Å². The number of anilines is 1. The average Bonchev–Trinajstić information content (AvgIpc) is 2.10. The zero-order valence-electron chi connectivity index (χ0n) is 8.40. The van der Waals surface area contributed by atoms with Crippen LogP contribution in [0.3, 0.4) is 0 Å². The molecule has 0 saturated heterocycles. The molecule has 1 aromatic rings. The van der Waals surface area contributed by atoms with Crippen molar-refractivity contribution < 1.29 is 18.3 Å². The van der Waals surface area contributed by atoms with Crippen LogP contribution in [0.25, 0.3) is 0 Å². The SMILES string of the molecule is Cc1c(Br)cccc1NS(=O)(=O)CC(=O)O. The molecule has 0 spiro atoms. The minimum absolute atomic E-state index is 0.371. The second-order valence-corrected chi connectivity index (χ2v) is 5.74. The van der Waals surface area contributed by atoms with Gasteiger partial charge in [-0.3, -0.25) is 9.52 Å². The standard InChI is InChI=1S/C9H10BrNO4S/c1-6-7(10)3-2-4-8(6)11-16(14,15)5-9(12)13/h2-4,11H,5H2,1H3,(H,12,13). The quantitative estimate of drug-likeness (QED) is 0.884. The van der Waals surface area contributed by atoms with Crippen LogP contribution in [-0.2, 0) is 14.8 Å². The highest BCUT2D eigenvalue weighted by Crippen LogP contribution is 2.24. The Bertz CT molecular complexity index is 512. The number of rotatable bonds is 4. The van der Waals surface area contributed by atoms with Crippen LogP contribution in [0.15, 0.2) is 22.7 Å². The molecule has 1 aromatic carbocycles. The number of nitrogens with one attached hydrogen (secondary N) is 1. The fourth-order valence-electron chi connectivity index (χ4n) is 1.08. The van der Waals surface area contributed by atoms with Gasteiger partial charge in [-0.05, 0) is 24.6 Å². The third-order valence-corrected chi connectivity index (χ3v) is 3.86. The van der Waals surface area contributed by atoms with E-state index in [1.807, 2.05) is 0 Å². The largest absolute Gasteiger partial charge is 0.480 e. The van der Waals surface area contributed by atoms with E-state index in [2.05, 4.69) is 20.7 Å². The Hall–Kier alpha value is -1.08. The number of carbonyl (C=O) groups is 1. The van der Waals surface area contributed by atoms with Crippen LogP contribution in [0.1, 0.15) is 5.56 Å². The molecule has 0 bridgehead atoms. The molecule has 0 heterocycles. The van der Waals surface area contributed by atoms with E-state index in [0.717, 1.165) is 4.47 Å². The van der Waals surface area contributed by atoms with E-state index in [1.165, 1.54) is 0 Å². The Labute approximate surface area is 102 Å². The summed E-state index contributed by atoms with van der Waals surface area (Å²) in [5.41, 5.74) is 1.08. The number of hydrogen-bond acceptors (Lipinski definition) is 3. The molecule has 0 aliphatic heterocycles. The number of sulfonamides is 1. The lowest BCUT2D eigenvalue weighted by molar-refractivity contribution is -0.134. The van der Waals surface area contributed by atoms with E-state index in [-0.39, 0.29) is 0 Å². The van der Waals surface area contributed by atoms with Gasteiger partial charge in [0.15, 0.2) is 5.75 Å². The molecular weight excluding hydrogens is 298 g/mol. The van der Waals surface area contributed by atoms with Crippen LogP contribution in [0, 0.1) is 6.92 Å². The summed E-state index contributed by atoms with van der Waals surface area (Å²) in [5, 5.41) is 8.42. The van der Waals surface area contributed by atoms with Crippen molar-refractivity contribution in [1.29, 1.82) is 0 Å². The van der Waals surface area contributed by atoms with Gasteiger partial charge in [0.05, 0.1) is 5.69 Å². The number of halogens is 1. The highest BCUT2D eigenvalue weighted by molar-refractivity contribution is 9.10. The van der Waals surface area contributed by atoms with Crippen LogP contribution in [0.4, 0.5) is 5.69 Å². The van der Waals surface area contributed by atoms with Crippen LogP contribution in [0.2, 0.25) is 0 Å². The van der Waals surface area contributed by atoms with Gasteiger partial charge in [0.1, 0.15) is 0 Å². The molecule has 1 rings (SSSR count). The first-order valence-corrected chi connectivity index (χ1v) is 6.74. The number of carboxylic acid groups (broad SMARTS) is 1. The minimum atomic E-state index is -3.84. The van der Waals surface area contributed by atoms with Crippen molar-refractivity contribution in [2.45, 2.75) is 6.92 Å². The summed E-state index contributed by atoms with van der Waals surface area (Å²) < 4.78 is 25.7. The molecule has 0 atom stereocenters. The summed E-state index contributed by atoms with van der Waals surface area (Å²) in [5.74, 6) is -2.33. The Kier molecular flexibility index (Phi) is 3.93. The van der Waals surface area contributed by atoms with Crippen molar-refractivity contribution in [2.75, 3.05) is 10.5 Å². The molecule has 5 nitrogen and oxygen atoms in total. The first kappa shape index (κ1) is 13.0. The number of carboxylic acids is 1. The third-order valence-electron chi connectivity index (χ3n) is 1.85. The second-order valence-electron chi connectivity index (χ2n) is 3.17. The summed E-state index contributed by atoms with van der Waals surface area (Å²) in [6.45, 7) is 1.72. The minimum Gasteiger partial charge on any atom is -0.480 e. The Balaban J connectivity index is 2.97. The van der Waals surface area contributed by atoms with E-state index in [0.29, 0.717) is 11.3 Å². The van der Waals surface area contributed by atoms with Crippen LogP contribution >= 0.6 is 15.9 Å². The summed E-state index contributed by atoms with van der Waals surface area (Å²) in [6, 6.07) is 5.00. The smallest absolute Gasteiger partial charge is 0.320 e. The van der Waals surface area contributed by atoms with Crippen molar-refractivity contribution >= 4 is 37.6 Å². The van der Waals surface area contributed by atoms with Crippen molar-refractivity contribution in [2.24, 2.45) is 0 Å². The molecular formula is C9H10BrNO4S. The van der Waals surface area contributed by atoms with Gasteiger partial charge in [-0.15, -0.1) is 0 Å². The molecule has 0 aliphatic carbocycles. The van der Waals surface area contributed by atoms with Crippen molar-refractivity contribution in [3.8, 4) is 0 Å². The normalized spacial score (nSPS) is 11.1. The summed E-state index contributed by atoms with van der Waals surface area (Å²) >= 11 is 3.25. The van der Waals surface area contributed by atoms with Gasteiger partial charge < -0.3 is 5.11 Å². The average molecular weight is 308 g/mol. The molecule has 0 aliphatic rings. The zero-order chi connectivity index (χ0) is 12.3. The Morgan fingerprint density at radius 3 is 2.69 bits per heavy atom. The fraction of sp³-hybridized carbons (Fsp3) is 0.222. The highest BCUT2D eigenvalue weighted by Gasteiger charge is 2.16. The van der Waals surface area contributed by atoms with Crippen molar-refractivity contribution in [1.82, 2.24) is 0 Å². The fourth-order valence-corrected chi connectivity index (χ4v) is 2.40. The highest BCUT2D eigenvalue weighted by atomic mass is 79.9. The maximum absolute atomic E-state index is 11.4. The maximum Gasteiger partial charge on any atom is 0.320 e. The molecule has 2 N–H and O–H groups in total. The molecule has 16 heavy (non-hydrogen) atoms. The predicted molar refractivity (Wildman–Crippen MR) is 63.9 cm³/mol. The van der Waals surface area contributed by atoms with Gasteiger partial charge in [-0.25, -0.2) is 8.42 Å². The molecule has 0 unspecified atom stereocenters. The maximum atomic E-state index is 11.4. The van der Waals surface area contributed by atoms with Crippen LogP contribution < -0.4 is 4.72 Å². The van der Waals surface area contributed by atoms with E-state index < -0.39 is 21.7 Å². The van der Waals surface area contributed by atoms with E-state index in [4.69, 9.17) is 5.11 Å². The van der Waals surface area contributed by atoms with Gasteiger partial charge in [-0.1, -0.05) is 22.0 Å². The Morgan fingerprint density at radius 2 is 2.12 bits per heavy atom. The van der Waals surface area contributed by atoms with Crippen LogP contribution in [0.5, 0.6) is 0 Å². The van der Waals surface area contributed by atoms with E-state index in [1.54, 1.807) is 25.1 Å². The van der Waals surface area contributed by atoms with E-state index in [9.17, 15) is 13.2 Å². The number of aliphatic carboxylic acids is 1. The molecule has 0 fully saturated rings. The molecule has 0 aromatic heterocycles. The van der Waals surface area contributed by atoms with Gasteiger partial charge in [0, 0.05) is 4.47 Å². The molecule has 7 heteroatoms. The lowest BCUT2D eigenvalue weighted by Crippen LogP contribution is -2.22. The predicted octanol–water partition coefficient (Wildman–Crippen LogP) is 1.58. The monoisotopic (exact) mass is 307 g/mol. The molecule has 0 amide bonds. The summed E-state index contributed by atoms with van der Waals surface area (Å²) in [6.07, 6.45) is 0. The molecule has 0 saturated carbocycles. The molecule has 88 valence electrons. The Morgan fingerprint density at radius 1 is 1.50 bits per heavy atom. The first-order valence-electron chi connectivity index (χ1n) is 4.29. The molecule has 0 radical (unpaired) electrons. The third kappa shape index (κ3) is 3.49. The van der Waals surface area contributed by atoms with Crippen molar-refractivity contribution in [3.63, 3.8) is 0 Å². The lowest BCUT2D eigenvalue weighted by atomic mass is 10.2.